The van der Waals surface area contributed by atoms with Crippen LogP contribution in [0.1, 0.15) is 63.5 Å². The molecular weight excluding hydrogens is 344 g/mol. The summed E-state index contributed by atoms with van der Waals surface area (Å²) in [5.74, 6) is 0.833. The molecule has 3 aliphatic rings. The molecule has 0 bridgehead atoms. The van der Waals surface area contributed by atoms with Gasteiger partial charge in [0.25, 0.3) is 0 Å². The van der Waals surface area contributed by atoms with Gasteiger partial charge in [-0.15, -0.1) is 0 Å². The number of hydrogen-bond donors (Lipinski definition) is 0. The van der Waals surface area contributed by atoms with Crippen molar-refractivity contribution in [2.75, 3.05) is 45.8 Å². The summed E-state index contributed by atoms with van der Waals surface area (Å²) in [6.07, 6.45) is 14.7. The quantitative estimate of drug-likeness (QED) is 0.675. The van der Waals surface area contributed by atoms with E-state index in [0.717, 1.165) is 18.5 Å². The third-order valence-electron chi connectivity index (χ3n) is 7.20. The van der Waals surface area contributed by atoms with Gasteiger partial charge >= 0.3 is 0 Å². The number of piperidine rings is 2. The monoisotopic (exact) mass is 384 g/mol. The Hall–Kier alpha value is -0.970. The Bertz CT molecular complexity index is 551. The molecule has 156 valence electrons. The molecule has 4 heteroatoms. The van der Waals surface area contributed by atoms with Gasteiger partial charge < -0.3 is 9.80 Å². The highest BCUT2D eigenvalue weighted by Gasteiger charge is 2.28. The van der Waals surface area contributed by atoms with Gasteiger partial charge in [0.05, 0.1) is 5.69 Å². The smallest absolute Gasteiger partial charge is 0.0543 e. The van der Waals surface area contributed by atoms with Gasteiger partial charge in [0.15, 0.2) is 0 Å². The maximum absolute atomic E-state index is 4.62. The molecule has 2 saturated heterocycles. The van der Waals surface area contributed by atoms with Crippen LogP contribution in [0, 0.1) is 5.92 Å². The van der Waals surface area contributed by atoms with Crippen LogP contribution in [0.15, 0.2) is 24.4 Å². The van der Waals surface area contributed by atoms with E-state index in [2.05, 4.69) is 31.8 Å². The van der Waals surface area contributed by atoms with Crippen molar-refractivity contribution in [2.45, 2.75) is 70.4 Å². The first-order valence-corrected chi connectivity index (χ1v) is 12.0. The lowest BCUT2D eigenvalue weighted by atomic mass is 9.95. The largest absolute Gasteiger partial charge is 0.302 e. The molecule has 1 aliphatic carbocycles. The van der Waals surface area contributed by atoms with Crippen molar-refractivity contribution in [2.24, 2.45) is 5.92 Å². The van der Waals surface area contributed by atoms with E-state index in [-0.39, 0.29) is 0 Å². The first-order valence-electron chi connectivity index (χ1n) is 12.0. The lowest BCUT2D eigenvalue weighted by molar-refractivity contribution is 0.0908. The van der Waals surface area contributed by atoms with Gasteiger partial charge in [-0.2, -0.15) is 0 Å². The molecule has 1 aromatic rings. The third-order valence-corrected chi connectivity index (χ3v) is 7.20. The Morgan fingerprint density at radius 1 is 0.929 bits per heavy atom. The maximum Gasteiger partial charge on any atom is 0.0543 e. The van der Waals surface area contributed by atoms with E-state index in [1.165, 1.54) is 109 Å². The van der Waals surface area contributed by atoms with Crippen LogP contribution < -0.4 is 0 Å². The standard InChI is InChI=1S/C24H40N4/c1-6-14-26(15-7-1)17-18-27(21-23-10-4-5-13-25-23)19-22-9-8-16-28(20-22)24-11-2-3-12-24/h4-5,10,13,22,24H,1-3,6-9,11-12,14-21H2/t22-/m0/s1. The second-order valence-electron chi connectivity index (χ2n) is 9.40. The molecule has 4 nitrogen and oxygen atoms in total. The zero-order chi connectivity index (χ0) is 19.0. The van der Waals surface area contributed by atoms with Crippen molar-refractivity contribution in [3.05, 3.63) is 30.1 Å². The number of rotatable bonds is 8. The summed E-state index contributed by atoms with van der Waals surface area (Å²) in [6.45, 7) is 9.94. The van der Waals surface area contributed by atoms with E-state index in [1.807, 2.05) is 12.3 Å². The van der Waals surface area contributed by atoms with E-state index in [9.17, 15) is 0 Å². The van der Waals surface area contributed by atoms with Crippen LogP contribution in [0.2, 0.25) is 0 Å². The van der Waals surface area contributed by atoms with Crippen molar-refractivity contribution < 1.29 is 0 Å². The second-order valence-corrected chi connectivity index (χ2v) is 9.40. The maximum atomic E-state index is 4.62. The van der Waals surface area contributed by atoms with Crippen molar-refractivity contribution >= 4 is 0 Å². The zero-order valence-corrected chi connectivity index (χ0v) is 17.8. The summed E-state index contributed by atoms with van der Waals surface area (Å²) in [5.41, 5.74) is 1.23. The highest BCUT2D eigenvalue weighted by Crippen LogP contribution is 2.28. The molecule has 0 unspecified atom stereocenters. The van der Waals surface area contributed by atoms with Crippen LogP contribution in [-0.2, 0) is 6.54 Å². The molecule has 1 saturated carbocycles. The van der Waals surface area contributed by atoms with E-state index < -0.39 is 0 Å². The Morgan fingerprint density at radius 2 is 1.79 bits per heavy atom. The summed E-state index contributed by atoms with van der Waals surface area (Å²) in [6, 6.07) is 7.25. The van der Waals surface area contributed by atoms with Gasteiger partial charge in [-0.1, -0.05) is 25.3 Å². The molecule has 0 spiro atoms. The average molecular weight is 385 g/mol. The van der Waals surface area contributed by atoms with Crippen LogP contribution in [0.4, 0.5) is 0 Å². The van der Waals surface area contributed by atoms with Crippen LogP contribution in [0.3, 0.4) is 0 Å². The topological polar surface area (TPSA) is 22.6 Å². The summed E-state index contributed by atoms with van der Waals surface area (Å²) < 4.78 is 0. The Labute approximate surface area is 172 Å². The summed E-state index contributed by atoms with van der Waals surface area (Å²) in [7, 11) is 0. The van der Waals surface area contributed by atoms with E-state index >= 15 is 0 Å². The molecule has 3 fully saturated rings. The average Bonchev–Trinajstić information content (AvgIpc) is 3.29. The van der Waals surface area contributed by atoms with E-state index in [0.29, 0.717) is 0 Å². The minimum atomic E-state index is 0.833. The van der Waals surface area contributed by atoms with Gasteiger partial charge in [0.2, 0.25) is 0 Å². The minimum Gasteiger partial charge on any atom is -0.302 e. The van der Waals surface area contributed by atoms with Crippen molar-refractivity contribution in [1.29, 1.82) is 0 Å². The van der Waals surface area contributed by atoms with Crippen LogP contribution >= 0.6 is 0 Å². The third kappa shape index (κ3) is 6.01. The lowest BCUT2D eigenvalue weighted by Crippen LogP contribution is -2.46. The number of nitrogens with zero attached hydrogens (tertiary/aromatic N) is 4. The van der Waals surface area contributed by atoms with E-state index in [1.54, 1.807) is 0 Å². The lowest BCUT2D eigenvalue weighted by Gasteiger charge is -2.39. The predicted octanol–water partition coefficient (Wildman–Crippen LogP) is 4.02. The SMILES string of the molecule is c1ccc(CN(CCN2CCCCC2)C[C@@H]2CCCN(C3CCCC3)C2)nc1. The highest BCUT2D eigenvalue weighted by molar-refractivity contribution is 5.03. The molecule has 3 heterocycles. The number of aromatic nitrogens is 1. The first kappa shape index (κ1) is 20.3. The molecule has 2 aliphatic heterocycles. The summed E-state index contributed by atoms with van der Waals surface area (Å²) >= 11 is 0. The summed E-state index contributed by atoms with van der Waals surface area (Å²) in [4.78, 5) is 12.8. The van der Waals surface area contributed by atoms with Gasteiger partial charge in [-0.3, -0.25) is 9.88 Å². The zero-order valence-electron chi connectivity index (χ0n) is 17.8. The Morgan fingerprint density at radius 3 is 2.57 bits per heavy atom. The van der Waals surface area contributed by atoms with E-state index in [4.69, 9.17) is 0 Å². The fraction of sp³-hybridized carbons (Fsp3) is 0.792. The molecule has 1 atom stereocenters. The molecule has 28 heavy (non-hydrogen) atoms. The molecule has 4 rings (SSSR count). The Balaban J connectivity index is 1.33. The van der Waals surface area contributed by atoms with Gasteiger partial charge in [-0.25, -0.2) is 0 Å². The Kier molecular flexibility index (Phi) is 7.76. The molecule has 0 radical (unpaired) electrons. The fourth-order valence-corrected chi connectivity index (χ4v) is 5.63. The molecule has 0 N–H and O–H groups in total. The van der Waals surface area contributed by atoms with Crippen LogP contribution in [-0.4, -0.2) is 71.5 Å². The van der Waals surface area contributed by atoms with Crippen LogP contribution in [0.5, 0.6) is 0 Å². The van der Waals surface area contributed by atoms with Crippen molar-refractivity contribution in [1.82, 2.24) is 19.7 Å². The number of hydrogen-bond acceptors (Lipinski definition) is 4. The summed E-state index contributed by atoms with van der Waals surface area (Å²) in [5, 5.41) is 0. The molecule has 0 aromatic carbocycles. The number of pyridine rings is 1. The fourth-order valence-electron chi connectivity index (χ4n) is 5.63. The van der Waals surface area contributed by atoms with Crippen LogP contribution in [0.25, 0.3) is 0 Å². The molecular formula is C24H40N4. The molecule has 1 aromatic heterocycles. The second kappa shape index (κ2) is 10.7. The minimum absolute atomic E-state index is 0.833. The first-order chi connectivity index (χ1) is 13.9. The van der Waals surface area contributed by atoms with Gasteiger partial charge in [0, 0.05) is 45.0 Å². The van der Waals surface area contributed by atoms with Gasteiger partial charge in [0.1, 0.15) is 0 Å². The van der Waals surface area contributed by atoms with Crippen molar-refractivity contribution in [3.8, 4) is 0 Å². The van der Waals surface area contributed by atoms with Crippen molar-refractivity contribution in [3.63, 3.8) is 0 Å². The molecule has 0 amide bonds. The van der Waals surface area contributed by atoms with Gasteiger partial charge in [-0.05, 0) is 76.2 Å². The highest BCUT2D eigenvalue weighted by atomic mass is 15.2. The normalized spacial score (nSPS) is 25.5. The number of likely N-dealkylation sites (tertiary alicyclic amines) is 2. The predicted molar refractivity (Wildman–Crippen MR) is 116 cm³/mol.